The first-order valence-corrected chi connectivity index (χ1v) is 9.00. The molecule has 5 heteroatoms. The minimum absolute atomic E-state index is 0.0652. The number of hydrogen-bond acceptors (Lipinski definition) is 2. The van der Waals surface area contributed by atoms with Crippen LogP contribution in [0.4, 0.5) is 0 Å². The molecule has 3 rings (SSSR count). The van der Waals surface area contributed by atoms with E-state index in [1.165, 1.54) is 0 Å². The molecule has 1 heterocycles. The first-order chi connectivity index (χ1) is 12.1. The SMILES string of the molecule is C=C1NC(=S)N[C@@H](c2cccc3ccccc23)[C@@H]1C(=O)N(CC)CC. The van der Waals surface area contributed by atoms with Gasteiger partial charge in [0.1, 0.15) is 5.92 Å². The van der Waals surface area contributed by atoms with Gasteiger partial charge in [-0.25, -0.2) is 0 Å². The number of nitrogens with zero attached hydrogens (tertiary/aromatic N) is 1. The van der Waals surface area contributed by atoms with Gasteiger partial charge in [0.25, 0.3) is 0 Å². The summed E-state index contributed by atoms with van der Waals surface area (Å²) in [5.41, 5.74) is 1.71. The van der Waals surface area contributed by atoms with E-state index in [0.717, 1.165) is 16.3 Å². The van der Waals surface area contributed by atoms with E-state index >= 15 is 0 Å². The number of benzene rings is 2. The highest BCUT2D eigenvalue weighted by molar-refractivity contribution is 7.80. The molecule has 0 radical (unpaired) electrons. The van der Waals surface area contributed by atoms with Crippen molar-refractivity contribution in [3.05, 3.63) is 60.3 Å². The number of amides is 1. The molecule has 0 aliphatic carbocycles. The Bertz CT molecular complexity index is 823. The first-order valence-electron chi connectivity index (χ1n) is 8.59. The molecule has 4 nitrogen and oxygen atoms in total. The van der Waals surface area contributed by atoms with Crippen LogP contribution < -0.4 is 10.6 Å². The van der Waals surface area contributed by atoms with Gasteiger partial charge < -0.3 is 15.5 Å². The van der Waals surface area contributed by atoms with Gasteiger partial charge in [-0.05, 0) is 42.4 Å². The van der Waals surface area contributed by atoms with Crippen molar-refractivity contribution in [2.45, 2.75) is 19.9 Å². The van der Waals surface area contributed by atoms with Crippen LogP contribution in [-0.4, -0.2) is 29.0 Å². The number of carbonyl (C=O) groups is 1. The van der Waals surface area contributed by atoms with Crippen molar-refractivity contribution in [3.8, 4) is 0 Å². The van der Waals surface area contributed by atoms with Crippen LogP contribution in [-0.2, 0) is 4.79 Å². The van der Waals surface area contributed by atoms with Gasteiger partial charge in [0.15, 0.2) is 5.11 Å². The van der Waals surface area contributed by atoms with Crippen molar-refractivity contribution in [3.63, 3.8) is 0 Å². The molecule has 0 saturated carbocycles. The van der Waals surface area contributed by atoms with Crippen LogP contribution in [0.25, 0.3) is 10.8 Å². The molecule has 2 N–H and O–H groups in total. The Balaban J connectivity index is 2.10. The van der Waals surface area contributed by atoms with Gasteiger partial charge >= 0.3 is 0 Å². The number of rotatable bonds is 4. The minimum Gasteiger partial charge on any atom is -0.354 e. The molecule has 25 heavy (non-hydrogen) atoms. The van der Waals surface area contributed by atoms with Gasteiger partial charge in [-0.15, -0.1) is 0 Å². The summed E-state index contributed by atoms with van der Waals surface area (Å²) in [6.45, 7) is 9.42. The molecule has 0 bridgehead atoms. The second kappa shape index (κ2) is 7.23. The largest absolute Gasteiger partial charge is 0.354 e. The van der Waals surface area contributed by atoms with E-state index in [-0.39, 0.29) is 11.9 Å². The smallest absolute Gasteiger partial charge is 0.234 e. The fourth-order valence-corrected chi connectivity index (χ4v) is 3.75. The summed E-state index contributed by atoms with van der Waals surface area (Å²) in [5, 5.41) is 9.11. The maximum Gasteiger partial charge on any atom is 0.234 e. The van der Waals surface area contributed by atoms with Gasteiger partial charge in [-0.1, -0.05) is 49.0 Å². The lowest BCUT2D eigenvalue weighted by Crippen LogP contribution is -2.53. The molecule has 1 fully saturated rings. The van der Waals surface area contributed by atoms with E-state index in [9.17, 15) is 4.79 Å². The van der Waals surface area contributed by atoms with Crippen LogP contribution in [0.15, 0.2) is 54.7 Å². The Kier molecular flexibility index (Phi) is 5.04. The number of nitrogens with one attached hydrogen (secondary N) is 2. The third kappa shape index (κ3) is 3.24. The van der Waals surface area contributed by atoms with E-state index in [2.05, 4.69) is 41.5 Å². The van der Waals surface area contributed by atoms with Crippen molar-refractivity contribution in [2.24, 2.45) is 5.92 Å². The van der Waals surface area contributed by atoms with Crippen LogP contribution in [0, 0.1) is 5.92 Å². The molecular formula is C20H23N3OS. The summed E-state index contributed by atoms with van der Waals surface area (Å²) in [4.78, 5) is 15.0. The predicted octanol–water partition coefficient (Wildman–Crippen LogP) is 3.36. The third-order valence-electron chi connectivity index (χ3n) is 4.77. The van der Waals surface area contributed by atoms with Gasteiger partial charge in [-0.2, -0.15) is 0 Å². The molecule has 0 aromatic heterocycles. The summed E-state index contributed by atoms with van der Waals surface area (Å²) >= 11 is 5.34. The lowest BCUT2D eigenvalue weighted by atomic mass is 9.85. The number of carbonyl (C=O) groups excluding carboxylic acids is 1. The van der Waals surface area contributed by atoms with E-state index in [1.807, 2.05) is 36.9 Å². The highest BCUT2D eigenvalue weighted by Gasteiger charge is 2.38. The van der Waals surface area contributed by atoms with Crippen LogP contribution in [0.1, 0.15) is 25.5 Å². The van der Waals surface area contributed by atoms with Crippen molar-refractivity contribution < 1.29 is 4.79 Å². The Morgan fingerprint density at radius 3 is 2.56 bits per heavy atom. The highest BCUT2D eigenvalue weighted by atomic mass is 32.1. The summed E-state index contributed by atoms with van der Waals surface area (Å²) in [6, 6.07) is 14.1. The molecule has 1 saturated heterocycles. The molecule has 2 aromatic carbocycles. The van der Waals surface area contributed by atoms with Crippen LogP contribution in [0.3, 0.4) is 0 Å². The van der Waals surface area contributed by atoms with E-state index in [0.29, 0.717) is 23.9 Å². The fourth-order valence-electron chi connectivity index (χ4n) is 3.49. The lowest BCUT2D eigenvalue weighted by Gasteiger charge is -2.38. The number of thiocarbonyl (C=S) groups is 1. The number of hydrogen-bond donors (Lipinski definition) is 2. The average molecular weight is 353 g/mol. The predicted molar refractivity (Wildman–Crippen MR) is 106 cm³/mol. The zero-order valence-corrected chi connectivity index (χ0v) is 15.4. The molecule has 2 aromatic rings. The van der Waals surface area contributed by atoms with Crippen molar-refractivity contribution in [2.75, 3.05) is 13.1 Å². The summed E-state index contributed by atoms with van der Waals surface area (Å²) < 4.78 is 0. The molecule has 130 valence electrons. The monoisotopic (exact) mass is 353 g/mol. The Labute approximate surface area is 153 Å². The van der Waals surface area contributed by atoms with Crippen molar-refractivity contribution in [1.82, 2.24) is 15.5 Å². The summed E-state index contributed by atoms with van der Waals surface area (Å²) in [7, 11) is 0. The van der Waals surface area contributed by atoms with Crippen molar-refractivity contribution >= 4 is 34.0 Å². The van der Waals surface area contributed by atoms with E-state index in [4.69, 9.17) is 12.2 Å². The molecule has 1 amide bonds. The van der Waals surface area contributed by atoms with Crippen LogP contribution in [0.2, 0.25) is 0 Å². The van der Waals surface area contributed by atoms with Gasteiger partial charge in [0.05, 0.1) is 6.04 Å². The third-order valence-corrected chi connectivity index (χ3v) is 4.99. The van der Waals surface area contributed by atoms with Crippen LogP contribution >= 0.6 is 12.2 Å². The molecule has 0 unspecified atom stereocenters. The quantitative estimate of drug-likeness (QED) is 0.828. The van der Waals surface area contributed by atoms with Crippen molar-refractivity contribution in [1.29, 1.82) is 0 Å². The molecule has 1 aliphatic heterocycles. The van der Waals surface area contributed by atoms with E-state index < -0.39 is 5.92 Å². The Morgan fingerprint density at radius 1 is 1.16 bits per heavy atom. The average Bonchev–Trinajstić information content (AvgIpc) is 2.61. The normalized spacial score (nSPS) is 20.1. The van der Waals surface area contributed by atoms with Gasteiger partial charge in [0.2, 0.25) is 5.91 Å². The Morgan fingerprint density at radius 2 is 1.84 bits per heavy atom. The maximum atomic E-state index is 13.1. The Hall–Kier alpha value is -2.40. The fraction of sp³-hybridized carbons (Fsp3) is 0.300. The molecular weight excluding hydrogens is 330 g/mol. The maximum absolute atomic E-state index is 13.1. The van der Waals surface area contributed by atoms with Crippen LogP contribution in [0.5, 0.6) is 0 Å². The molecule has 2 atom stereocenters. The van der Waals surface area contributed by atoms with E-state index in [1.54, 1.807) is 0 Å². The summed E-state index contributed by atoms with van der Waals surface area (Å²) in [6.07, 6.45) is 0. The zero-order chi connectivity index (χ0) is 18.0. The standard InChI is InChI=1S/C20H23N3OS/c1-4-23(5-2)19(24)17-13(3)21-20(25)22-18(17)16-12-8-10-14-9-6-7-11-15(14)16/h6-12,17-18H,3-5H2,1-2H3,(H2,21,22,25)/t17-,18+/m1/s1. The zero-order valence-electron chi connectivity index (χ0n) is 14.6. The highest BCUT2D eigenvalue weighted by Crippen LogP contribution is 2.34. The number of fused-ring (bicyclic) bond motifs is 1. The lowest BCUT2D eigenvalue weighted by molar-refractivity contribution is -0.135. The molecule has 1 aliphatic rings. The van der Waals surface area contributed by atoms with Gasteiger partial charge in [-0.3, -0.25) is 4.79 Å². The van der Waals surface area contributed by atoms with Gasteiger partial charge in [0, 0.05) is 18.8 Å². The summed E-state index contributed by atoms with van der Waals surface area (Å²) in [5.74, 6) is -0.340. The topological polar surface area (TPSA) is 44.4 Å². The molecule has 0 spiro atoms. The first kappa shape index (κ1) is 17.4. The second-order valence-corrected chi connectivity index (χ2v) is 6.57. The minimum atomic E-state index is -0.405. The second-order valence-electron chi connectivity index (χ2n) is 6.16.